The van der Waals surface area contributed by atoms with Gasteiger partial charge in [0.25, 0.3) is 5.91 Å². The Labute approximate surface area is 149 Å². The van der Waals surface area contributed by atoms with Crippen LogP contribution in [0.2, 0.25) is 0 Å². The standard InChI is InChI=1S/C19H28N4O2/c1-11(2)23-16-14(10-20-23)13(8-12(3)21-16)17(24)22-15-9-18(4,5)25-19(15,6)7/h8,10-11,15H,9H2,1-7H3,(H,22,24). The maximum atomic E-state index is 13.0. The van der Waals surface area contributed by atoms with Gasteiger partial charge >= 0.3 is 0 Å². The van der Waals surface area contributed by atoms with Crippen molar-refractivity contribution in [2.24, 2.45) is 0 Å². The molecule has 0 radical (unpaired) electrons. The van der Waals surface area contributed by atoms with Crippen LogP contribution in [0.5, 0.6) is 0 Å². The van der Waals surface area contributed by atoms with Gasteiger partial charge < -0.3 is 10.1 Å². The van der Waals surface area contributed by atoms with Crippen LogP contribution >= 0.6 is 0 Å². The van der Waals surface area contributed by atoms with E-state index >= 15 is 0 Å². The highest BCUT2D eigenvalue weighted by Gasteiger charge is 2.46. The molecule has 0 spiro atoms. The Bertz CT molecular complexity index is 820. The van der Waals surface area contributed by atoms with Gasteiger partial charge in [-0.05, 0) is 61.0 Å². The number of carbonyl (C=O) groups excluding carboxylic acids is 1. The quantitative estimate of drug-likeness (QED) is 0.926. The number of carbonyl (C=O) groups is 1. The normalized spacial score (nSPS) is 21.8. The minimum absolute atomic E-state index is 0.0429. The summed E-state index contributed by atoms with van der Waals surface area (Å²) in [5, 5.41) is 8.37. The first-order chi connectivity index (χ1) is 11.5. The monoisotopic (exact) mass is 344 g/mol. The number of fused-ring (bicyclic) bond motifs is 1. The molecule has 1 unspecified atom stereocenters. The summed E-state index contributed by atoms with van der Waals surface area (Å²) in [5.74, 6) is -0.0989. The fraction of sp³-hybridized carbons (Fsp3) is 0.632. The molecule has 6 nitrogen and oxygen atoms in total. The van der Waals surface area contributed by atoms with Crippen LogP contribution in [-0.4, -0.2) is 37.9 Å². The Morgan fingerprint density at radius 3 is 2.60 bits per heavy atom. The maximum absolute atomic E-state index is 13.0. The van der Waals surface area contributed by atoms with Gasteiger partial charge in [-0.2, -0.15) is 5.10 Å². The van der Waals surface area contributed by atoms with Gasteiger partial charge in [0.15, 0.2) is 5.65 Å². The number of aryl methyl sites for hydroxylation is 1. The molecule has 0 aromatic carbocycles. The van der Waals surface area contributed by atoms with Gasteiger partial charge in [0.05, 0.1) is 34.4 Å². The minimum atomic E-state index is -0.400. The molecule has 1 amide bonds. The van der Waals surface area contributed by atoms with Gasteiger partial charge in [-0.25, -0.2) is 9.67 Å². The van der Waals surface area contributed by atoms with E-state index in [1.807, 2.05) is 31.5 Å². The third-order valence-electron chi connectivity index (χ3n) is 4.81. The van der Waals surface area contributed by atoms with E-state index in [0.717, 1.165) is 23.1 Å². The van der Waals surface area contributed by atoms with Crippen molar-refractivity contribution in [3.05, 3.63) is 23.5 Å². The number of amides is 1. The average molecular weight is 344 g/mol. The van der Waals surface area contributed by atoms with Crippen molar-refractivity contribution < 1.29 is 9.53 Å². The summed E-state index contributed by atoms with van der Waals surface area (Å²) in [4.78, 5) is 17.6. The Balaban J connectivity index is 1.95. The van der Waals surface area contributed by atoms with Crippen molar-refractivity contribution in [3.63, 3.8) is 0 Å². The van der Waals surface area contributed by atoms with E-state index in [2.05, 4.69) is 43.1 Å². The molecule has 0 saturated carbocycles. The Morgan fingerprint density at radius 1 is 1.36 bits per heavy atom. The summed E-state index contributed by atoms with van der Waals surface area (Å²) < 4.78 is 7.94. The number of hydrogen-bond donors (Lipinski definition) is 1. The van der Waals surface area contributed by atoms with Crippen LogP contribution in [0.25, 0.3) is 11.0 Å². The van der Waals surface area contributed by atoms with Gasteiger partial charge in [-0.3, -0.25) is 4.79 Å². The lowest BCUT2D eigenvalue weighted by atomic mass is 9.94. The highest BCUT2D eigenvalue weighted by molar-refractivity contribution is 6.05. The molecule has 25 heavy (non-hydrogen) atoms. The van der Waals surface area contributed by atoms with Crippen molar-refractivity contribution in [2.75, 3.05) is 0 Å². The van der Waals surface area contributed by atoms with Crippen LogP contribution < -0.4 is 5.32 Å². The Morgan fingerprint density at radius 2 is 2.04 bits per heavy atom. The zero-order chi connectivity index (χ0) is 18.6. The number of nitrogens with one attached hydrogen (secondary N) is 1. The van der Waals surface area contributed by atoms with E-state index < -0.39 is 5.60 Å². The number of rotatable bonds is 3. The van der Waals surface area contributed by atoms with E-state index in [1.54, 1.807) is 6.20 Å². The van der Waals surface area contributed by atoms with Crippen molar-refractivity contribution >= 4 is 16.9 Å². The molecule has 136 valence electrons. The fourth-order valence-electron chi connectivity index (χ4n) is 3.73. The van der Waals surface area contributed by atoms with Crippen LogP contribution in [0.15, 0.2) is 12.3 Å². The summed E-state index contributed by atoms with van der Waals surface area (Å²) in [7, 11) is 0. The molecule has 1 aliphatic heterocycles. The second-order valence-electron chi connectivity index (χ2n) is 8.43. The van der Waals surface area contributed by atoms with Crippen molar-refractivity contribution in [1.82, 2.24) is 20.1 Å². The molecular weight excluding hydrogens is 316 g/mol. The SMILES string of the molecule is Cc1cc(C(=O)NC2CC(C)(C)OC2(C)C)c2cnn(C(C)C)c2n1. The van der Waals surface area contributed by atoms with Gasteiger partial charge in [0, 0.05) is 11.7 Å². The predicted molar refractivity (Wildman–Crippen MR) is 97.8 cm³/mol. The molecule has 6 heteroatoms. The largest absolute Gasteiger partial charge is 0.367 e. The first kappa shape index (κ1) is 17.9. The molecule has 1 N–H and O–H groups in total. The second kappa shape index (κ2) is 5.80. The summed E-state index contributed by atoms with van der Waals surface area (Å²) in [6.07, 6.45) is 2.51. The molecule has 3 heterocycles. The molecule has 0 bridgehead atoms. The zero-order valence-corrected chi connectivity index (χ0v) is 16.2. The summed E-state index contributed by atoms with van der Waals surface area (Å²) in [6, 6.07) is 1.97. The van der Waals surface area contributed by atoms with Gasteiger partial charge in [-0.1, -0.05) is 0 Å². The number of pyridine rings is 1. The summed E-state index contributed by atoms with van der Waals surface area (Å²) >= 11 is 0. The topological polar surface area (TPSA) is 69.0 Å². The molecule has 0 aliphatic carbocycles. The third-order valence-corrected chi connectivity index (χ3v) is 4.81. The summed E-state index contributed by atoms with van der Waals surface area (Å²) in [5.41, 5.74) is 1.54. The molecule has 2 aromatic heterocycles. The van der Waals surface area contributed by atoms with Gasteiger partial charge in [0.2, 0.25) is 0 Å². The molecule has 1 fully saturated rings. The van der Waals surface area contributed by atoms with E-state index in [-0.39, 0.29) is 23.6 Å². The van der Waals surface area contributed by atoms with Gasteiger partial charge in [0.1, 0.15) is 0 Å². The van der Waals surface area contributed by atoms with Crippen LogP contribution in [0.4, 0.5) is 0 Å². The van der Waals surface area contributed by atoms with Crippen LogP contribution in [-0.2, 0) is 4.74 Å². The fourth-order valence-corrected chi connectivity index (χ4v) is 3.73. The number of ether oxygens (including phenoxy) is 1. The second-order valence-corrected chi connectivity index (χ2v) is 8.43. The molecule has 2 aromatic rings. The number of nitrogens with zero attached hydrogens (tertiary/aromatic N) is 3. The van der Waals surface area contributed by atoms with E-state index in [1.165, 1.54) is 0 Å². The molecule has 1 atom stereocenters. The lowest BCUT2D eigenvalue weighted by Crippen LogP contribution is -2.46. The average Bonchev–Trinajstić information content (AvgIpc) is 2.95. The molecular formula is C19H28N4O2. The van der Waals surface area contributed by atoms with Crippen LogP contribution in [0.1, 0.15) is 70.1 Å². The molecule has 1 aliphatic rings. The maximum Gasteiger partial charge on any atom is 0.252 e. The highest BCUT2D eigenvalue weighted by Crippen LogP contribution is 2.37. The van der Waals surface area contributed by atoms with E-state index in [9.17, 15) is 4.79 Å². The predicted octanol–water partition coefficient (Wildman–Crippen LogP) is 3.40. The number of hydrogen-bond acceptors (Lipinski definition) is 4. The zero-order valence-electron chi connectivity index (χ0n) is 16.2. The first-order valence-corrected chi connectivity index (χ1v) is 8.86. The first-order valence-electron chi connectivity index (χ1n) is 8.86. The van der Waals surface area contributed by atoms with E-state index in [4.69, 9.17) is 4.74 Å². The van der Waals surface area contributed by atoms with Crippen molar-refractivity contribution in [2.45, 2.75) is 78.2 Å². The Hall–Kier alpha value is -1.95. The summed E-state index contributed by atoms with van der Waals surface area (Å²) in [6.45, 7) is 14.2. The smallest absolute Gasteiger partial charge is 0.252 e. The van der Waals surface area contributed by atoms with E-state index in [0.29, 0.717) is 5.56 Å². The lowest BCUT2D eigenvalue weighted by molar-refractivity contribution is -0.0693. The van der Waals surface area contributed by atoms with Crippen molar-refractivity contribution in [1.29, 1.82) is 0 Å². The molecule has 1 saturated heterocycles. The van der Waals surface area contributed by atoms with Gasteiger partial charge in [-0.15, -0.1) is 0 Å². The Kier molecular flexibility index (Phi) is 4.14. The highest BCUT2D eigenvalue weighted by atomic mass is 16.5. The van der Waals surface area contributed by atoms with Crippen LogP contribution in [0, 0.1) is 6.92 Å². The van der Waals surface area contributed by atoms with Crippen molar-refractivity contribution in [3.8, 4) is 0 Å². The minimum Gasteiger partial charge on any atom is -0.367 e. The number of aromatic nitrogens is 3. The molecule has 3 rings (SSSR count). The van der Waals surface area contributed by atoms with Crippen LogP contribution in [0.3, 0.4) is 0 Å². The lowest BCUT2D eigenvalue weighted by Gasteiger charge is -2.27. The third kappa shape index (κ3) is 3.27.